The Labute approximate surface area is 153 Å². The van der Waals surface area contributed by atoms with Crippen LogP contribution in [-0.4, -0.2) is 29.0 Å². The van der Waals surface area contributed by atoms with Crippen LogP contribution < -0.4 is 5.32 Å². The number of ether oxygens (including phenoxy) is 1. The van der Waals surface area contributed by atoms with E-state index in [1.807, 2.05) is 18.2 Å². The van der Waals surface area contributed by atoms with E-state index in [1.54, 1.807) is 26.8 Å². The summed E-state index contributed by atoms with van der Waals surface area (Å²) in [6, 6.07) is 5.60. The summed E-state index contributed by atoms with van der Waals surface area (Å²) in [6.07, 6.45) is 5.46. The van der Waals surface area contributed by atoms with E-state index >= 15 is 0 Å². The first-order chi connectivity index (χ1) is 12.3. The molecule has 2 aromatic rings. The molecular weight excluding hydrogens is 332 g/mol. The molecule has 1 aromatic carbocycles. The molecule has 0 atom stereocenters. The fourth-order valence-corrected chi connectivity index (χ4v) is 2.25. The van der Waals surface area contributed by atoms with Gasteiger partial charge in [0.15, 0.2) is 17.3 Å². The third-order valence-corrected chi connectivity index (χ3v) is 3.47. The maximum Gasteiger partial charge on any atom is 0.408 e. The molecule has 2 rings (SSSR count). The van der Waals surface area contributed by atoms with Crippen molar-refractivity contribution in [2.45, 2.75) is 52.6 Å². The summed E-state index contributed by atoms with van der Waals surface area (Å²) in [5.41, 5.74) is 1.76. The van der Waals surface area contributed by atoms with Crippen molar-refractivity contribution in [3.63, 3.8) is 0 Å². The number of nitrogens with one attached hydrogen (secondary N) is 1. The number of carbonyl (C=O) groups excluding carboxylic acids is 2. The standard InChI is InChI=1S/C20H26N2O4/c1-5-6-7-18-22-16-11-9-14(12-17(16)25-18)8-10-15(23)13-21-19(24)26-20(2,3)4/h8-12H,5-7,13H2,1-4H3,(H,21,24)/b10-8+. The molecule has 0 fully saturated rings. The first kappa shape index (κ1) is 19.7. The van der Waals surface area contributed by atoms with Gasteiger partial charge in [-0.25, -0.2) is 9.78 Å². The van der Waals surface area contributed by atoms with Crippen LogP contribution in [0.1, 0.15) is 52.0 Å². The molecule has 0 aliphatic carbocycles. The van der Waals surface area contributed by atoms with Gasteiger partial charge in [-0.1, -0.05) is 25.5 Å². The highest BCUT2D eigenvalue weighted by Gasteiger charge is 2.16. The first-order valence-corrected chi connectivity index (χ1v) is 8.84. The van der Waals surface area contributed by atoms with Crippen LogP contribution in [0.5, 0.6) is 0 Å². The number of benzene rings is 1. The molecule has 1 heterocycles. The molecule has 0 aliphatic heterocycles. The molecule has 140 valence electrons. The number of ketones is 1. The number of carbonyl (C=O) groups is 2. The lowest BCUT2D eigenvalue weighted by Gasteiger charge is -2.19. The fourth-order valence-electron chi connectivity index (χ4n) is 2.25. The number of hydrogen-bond acceptors (Lipinski definition) is 5. The Balaban J connectivity index is 1.92. The molecule has 0 saturated heterocycles. The van der Waals surface area contributed by atoms with Crippen LogP contribution in [0.3, 0.4) is 0 Å². The third-order valence-electron chi connectivity index (χ3n) is 3.47. The van der Waals surface area contributed by atoms with Crippen molar-refractivity contribution in [3.8, 4) is 0 Å². The van der Waals surface area contributed by atoms with Crippen LogP contribution in [0.4, 0.5) is 4.79 Å². The van der Waals surface area contributed by atoms with Gasteiger partial charge in [0.2, 0.25) is 0 Å². The van der Waals surface area contributed by atoms with E-state index in [2.05, 4.69) is 17.2 Å². The van der Waals surface area contributed by atoms with E-state index in [0.717, 1.165) is 36.2 Å². The summed E-state index contributed by atoms with van der Waals surface area (Å²) in [7, 11) is 0. The number of nitrogens with zero attached hydrogens (tertiary/aromatic N) is 1. The number of aromatic nitrogens is 1. The minimum Gasteiger partial charge on any atom is -0.444 e. The zero-order valence-corrected chi connectivity index (χ0v) is 15.8. The second kappa shape index (κ2) is 8.65. The number of oxazole rings is 1. The molecule has 6 heteroatoms. The average Bonchev–Trinajstić information content (AvgIpc) is 2.96. The summed E-state index contributed by atoms with van der Waals surface area (Å²) in [5, 5.41) is 2.44. The Bertz CT molecular complexity index is 800. The molecule has 0 aliphatic rings. The average molecular weight is 358 g/mol. The molecule has 1 N–H and O–H groups in total. The van der Waals surface area contributed by atoms with Gasteiger partial charge >= 0.3 is 6.09 Å². The summed E-state index contributed by atoms with van der Waals surface area (Å²) in [6.45, 7) is 7.31. The number of amides is 1. The maximum atomic E-state index is 11.9. The third kappa shape index (κ3) is 6.35. The molecule has 1 aromatic heterocycles. The Hall–Kier alpha value is -2.63. The predicted molar refractivity (Wildman–Crippen MR) is 101 cm³/mol. The van der Waals surface area contributed by atoms with E-state index in [-0.39, 0.29) is 12.3 Å². The molecule has 0 bridgehead atoms. The first-order valence-electron chi connectivity index (χ1n) is 8.84. The van der Waals surface area contributed by atoms with Gasteiger partial charge in [-0.15, -0.1) is 0 Å². The van der Waals surface area contributed by atoms with E-state index in [9.17, 15) is 9.59 Å². The zero-order chi connectivity index (χ0) is 19.2. The van der Waals surface area contributed by atoms with E-state index in [0.29, 0.717) is 5.58 Å². The van der Waals surface area contributed by atoms with Gasteiger partial charge in [0.1, 0.15) is 11.1 Å². The molecule has 26 heavy (non-hydrogen) atoms. The van der Waals surface area contributed by atoms with Crippen LogP contribution in [0.15, 0.2) is 28.7 Å². The number of aryl methyl sites for hydroxylation is 1. The van der Waals surface area contributed by atoms with E-state index in [1.165, 1.54) is 6.08 Å². The molecule has 0 saturated carbocycles. The Morgan fingerprint density at radius 2 is 2.08 bits per heavy atom. The minimum absolute atomic E-state index is 0.114. The smallest absolute Gasteiger partial charge is 0.408 e. The number of hydrogen-bond donors (Lipinski definition) is 1. The van der Waals surface area contributed by atoms with Crippen LogP contribution in [0, 0.1) is 0 Å². The normalized spacial score (nSPS) is 11.8. The number of rotatable bonds is 7. The van der Waals surface area contributed by atoms with Crippen LogP contribution in [0.2, 0.25) is 0 Å². The second-order valence-corrected chi connectivity index (χ2v) is 7.09. The van der Waals surface area contributed by atoms with Gasteiger partial charge in [-0.05, 0) is 51.0 Å². The lowest BCUT2D eigenvalue weighted by Crippen LogP contribution is -2.35. The minimum atomic E-state index is -0.609. The van der Waals surface area contributed by atoms with Gasteiger partial charge in [0.25, 0.3) is 0 Å². The summed E-state index contributed by atoms with van der Waals surface area (Å²) in [4.78, 5) is 27.9. The van der Waals surface area contributed by atoms with Crippen LogP contribution in [-0.2, 0) is 16.0 Å². The Morgan fingerprint density at radius 1 is 1.31 bits per heavy atom. The Morgan fingerprint density at radius 3 is 2.77 bits per heavy atom. The van der Waals surface area contributed by atoms with Crippen molar-refractivity contribution in [2.75, 3.05) is 6.54 Å². The van der Waals surface area contributed by atoms with Crippen molar-refractivity contribution in [2.24, 2.45) is 0 Å². The van der Waals surface area contributed by atoms with Crippen molar-refractivity contribution in [3.05, 3.63) is 35.7 Å². The highest BCUT2D eigenvalue weighted by atomic mass is 16.6. The van der Waals surface area contributed by atoms with Crippen molar-refractivity contribution in [1.82, 2.24) is 10.3 Å². The predicted octanol–water partition coefficient (Wildman–Crippen LogP) is 4.28. The second-order valence-electron chi connectivity index (χ2n) is 7.09. The van der Waals surface area contributed by atoms with Crippen LogP contribution >= 0.6 is 0 Å². The molecule has 6 nitrogen and oxygen atoms in total. The van der Waals surface area contributed by atoms with Gasteiger partial charge in [0.05, 0.1) is 6.54 Å². The number of alkyl carbamates (subject to hydrolysis) is 1. The van der Waals surface area contributed by atoms with Gasteiger partial charge in [0, 0.05) is 6.42 Å². The molecule has 0 radical (unpaired) electrons. The summed E-state index contributed by atoms with van der Waals surface area (Å²) >= 11 is 0. The van der Waals surface area contributed by atoms with Gasteiger partial charge < -0.3 is 14.5 Å². The summed E-state index contributed by atoms with van der Waals surface area (Å²) in [5.74, 6) is 0.512. The quantitative estimate of drug-likeness (QED) is 0.747. The Kier molecular flexibility index (Phi) is 6.55. The lowest BCUT2D eigenvalue weighted by molar-refractivity contribution is -0.113. The molecular formula is C20H26N2O4. The number of fused-ring (bicyclic) bond motifs is 1. The highest BCUT2D eigenvalue weighted by molar-refractivity contribution is 5.96. The monoisotopic (exact) mass is 358 g/mol. The molecule has 0 unspecified atom stereocenters. The maximum absolute atomic E-state index is 11.9. The van der Waals surface area contributed by atoms with E-state index < -0.39 is 11.7 Å². The van der Waals surface area contributed by atoms with E-state index in [4.69, 9.17) is 9.15 Å². The lowest BCUT2D eigenvalue weighted by atomic mass is 10.2. The van der Waals surface area contributed by atoms with Crippen molar-refractivity contribution >= 4 is 29.1 Å². The van der Waals surface area contributed by atoms with Crippen LogP contribution in [0.25, 0.3) is 17.2 Å². The van der Waals surface area contributed by atoms with Gasteiger partial charge in [-0.2, -0.15) is 0 Å². The molecule has 0 spiro atoms. The largest absolute Gasteiger partial charge is 0.444 e. The number of unbranched alkanes of at least 4 members (excludes halogenated alkanes) is 1. The topological polar surface area (TPSA) is 81.4 Å². The molecule has 1 amide bonds. The highest BCUT2D eigenvalue weighted by Crippen LogP contribution is 2.19. The van der Waals surface area contributed by atoms with Crippen molar-refractivity contribution in [1.29, 1.82) is 0 Å². The van der Waals surface area contributed by atoms with Crippen molar-refractivity contribution < 1.29 is 18.7 Å². The summed E-state index contributed by atoms with van der Waals surface area (Å²) < 4.78 is 10.8. The SMILES string of the molecule is CCCCc1nc2ccc(/C=C/C(=O)CNC(=O)OC(C)(C)C)cc2o1. The van der Waals surface area contributed by atoms with Gasteiger partial charge in [-0.3, -0.25) is 4.79 Å². The zero-order valence-electron chi connectivity index (χ0n) is 15.8. The fraction of sp³-hybridized carbons (Fsp3) is 0.450.